The molecule has 160 valence electrons. The molecule has 3 heterocycles. The second-order valence-electron chi connectivity index (χ2n) is 8.34. The van der Waals surface area contributed by atoms with Gasteiger partial charge in [0.15, 0.2) is 16.6 Å². The molecule has 2 amide bonds. The number of ether oxygens (including phenoxy) is 3. The van der Waals surface area contributed by atoms with Crippen LogP contribution in [0, 0.1) is 0 Å². The molecule has 0 radical (unpaired) electrons. The summed E-state index contributed by atoms with van der Waals surface area (Å²) in [5.41, 5.74) is 0.357. The number of hydrogen-bond donors (Lipinski definition) is 1. The Hall–Kier alpha value is -2.81. The maximum Gasteiger partial charge on any atom is 0.410 e. The molecular weight excluding hydrogens is 406 g/mol. The molecule has 1 N–H and O–H groups in total. The monoisotopic (exact) mass is 431 g/mol. The Morgan fingerprint density at radius 2 is 1.93 bits per heavy atom. The van der Waals surface area contributed by atoms with Crippen LogP contribution in [0.4, 0.5) is 9.93 Å². The van der Waals surface area contributed by atoms with Gasteiger partial charge in [0.05, 0.1) is 12.2 Å². The summed E-state index contributed by atoms with van der Waals surface area (Å²) in [7, 11) is 0. The van der Waals surface area contributed by atoms with E-state index in [1.54, 1.807) is 17.9 Å². The van der Waals surface area contributed by atoms with Gasteiger partial charge < -0.3 is 19.1 Å². The van der Waals surface area contributed by atoms with Gasteiger partial charge in [-0.2, -0.15) is 0 Å². The van der Waals surface area contributed by atoms with E-state index in [-0.39, 0.29) is 12.0 Å². The lowest BCUT2D eigenvalue weighted by Gasteiger charge is -2.30. The first-order chi connectivity index (χ1) is 14.2. The molecule has 0 saturated heterocycles. The van der Waals surface area contributed by atoms with Crippen molar-refractivity contribution in [2.24, 2.45) is 0 Å². The second kappa shape index (κ2) is 7.79. The second-order valence-corrected chi connectivity index (χ2v) is 9.42. The average molecular weight is 432 g/mol. The quantitative estimate of drug-likeness (QED) is 0.781. The van der Waals surface area contributed by atoms with Crippen molar-refractivity contribution in [1.82, 2.24) is 9.88 Å². The molecule has 0 fully saturated rings. The molecule has 2 aromatic rings. The van der Waals surface area contributed by atoms with Gasteiger partial charge in [-0.05, 0) is 39.8 Å². The van der Waals surface area contributed by atoms with Gasteiger partial charge >= 0.3 is 6.09 Å². The molecule has 2 aliphatic rings. The van der Waals surface area contributed by atoms with Crippen molar-refractivity contribution in [1.29, 1.82) is 0 Å². The van der Waals surface area contributed by atoms with Crippen molar-refractivity contribution in [3.63, 3.8) is 0 Å². The van der Waals surface area contributed by atoms with Crippen molar-refractivity contribution >= 4 is 28.5 Å². The number of carbonyl (C=O) groups is 2. The van der Waals surface area contributed by atoms with E-state index in [2.05, 4.69) is 10.3 Å². The van der Waals surface area contributed by atoms with Crippen LogP contribution in [0.5, 0.6) is 11.5 Å². The third-order valence-corrected chi connectivity index (χ3v) is 5.71. The molecule has 0 unspecified atom stereocenters. The molecule has 1 aromatic heterocycles. The fraction of sp³-hybridized carbons (Fsp3) is 0.476. The average Bonchev–Trinajstić information content (AvgIpc) is 3.07. The zero-order valence-corrected chi connectivity index (χ0v) is 18.2. The Labute approximate surface area is 179 Å². The third-order valence-electron chi connectivity index (χ3n) is 4.71. The Morgan fingerprint density at radius 1 is 1.23 bits per heavy atom. The van der Waals surface area contributed by atoms with Crippen molar-refractivity contribution < 1.29 is 23.8 Å². The molecular formula is C21H25N3O5S. The van der Waals surface area contributed by atoms with E-state index in [0.29, 0.717) is 36.1 Å². The fourth-order valence-corrected chi connectivity index (χ4v) is 4.34. The Kier molecular flexibility index (Phi) is 5.31. The number of aromatic nitrogens is 1. The predicted molar refractivity (Wildman–Crippen MR) is 112 cm³/mol. The number of amides is 2. The predicted octanol–water partition coefficient (Wildman–Crippen LogP) is 3.60. The summed E-state index contributed by atoms with van der Waals surface area (Å²) >= 11 is 1.36. The number of carbonyl (C=O) groups excluding carboxylic acids is 2. The number of thiazole rings is 1. The van der Waals surface area contributed by atoms with Gasteiger partial charge in [-0.15, -0.1) is 0 Å². The summed E-state index contributed by atoms with van der Waals surface area (Å²) in [6.45, 7) is 8.29. The smallest absolute Gasteiger partial charge is 0.410 e. The molecule has 0 aliphatic carbocycles. The molecule has 0 spiro atoms. The van der Waals surface area contributed by atoms with Gasteiger partial charge in [-0.3, -0.25) is 10.1 Å². The van der Waals surface area contributed by atoms with E-state index in [4.69, 9.17) is 14.2 Å². The number of benzene rings is 1. The largest absolute Gasteiger partial charge is 0.482 e. The summed E-state index contributed by atoms with van der Waals surface area (Å²) in [6.07, 6.45) is -0.933. The van der Waals surface area contributed by atoms with E-state index in [9.17, 15) is 9.59 Å². The van der Waals surface area contributed by atoms with E-state index in [1.165, 1.54) is 11.3 Å². The van der Waals surface area contributed by atoms with E-state index in [0.717, 1.165) is 10.6 Å². The lowest BCUT2D eigenvalue weighted by molar-refractivity contribution is -0.128. The van der Waals surface area contributed by atoms with Gasteiger partial charge in [0, 0.05) is 17.8 Å². The molecule has 2 aliphatic heterocycles. The molecule has 8 nitrogen and oxygen atoms in total. The van der Waals surface area contributed by atoms with Crippen molar-refractivity contribution in [3.05, 3.63) is 34.8 Å². The lowest BCUT2D eigenvalue weighted by atomic mass is 10.1. The summed E-state index contributed by atoms with van der Waals surface area (Å²) in [6, 6.07) is 7.27. The van der Waals surface area contributed by atoms with E-state index in [1.807, 2.05) is 39.0 Å². The Morgan fingerprint density at radius 3 is 2.63 bits per heavy atom. The van der Waals surface area contributed by atoms with Crippen LogP contribution < -0.4 is 14.8 Å². The third kappa shape index (κ3) is 4.35. The van der Waals surface area contributed by atoms with Crippen LogP contribution in [0.1, 0.15) is 38.3 Å². The molecule has 4 rings (SSSR count). The number of nitrogens with zero attached hydrogens (tertiary/aromatic N) is 2. The van der Waals surface area contributed by atoms with Crippen LogP contribution in [0.15, 0.2) is 24.3 Å². The minimum atomic E-state index is -0.779. The first-order valence-corrected chi connectivity index (χ1v) is 10.7. The van der Waals surface area contributed by atoms with Gasteiger partial charge in [0.2, 0.25) is 6.10 Å². The molecule has 0 saturated carbocycles. The molecule has 9 heteroatoms. The van der Waals surface area contributed by atoms with Gasteiger partial charge in [0.1, 0.15) is 11.7 Å². The zero-order valence-electron chi connectivity index (χ0n) is 17.4. The standard InChI is InChI=1S/C21H25N3O5S/c1-12-17(28-15-8-6-5-7-14(15)27-12)18(25)23-19-22-13-9-10-24(11-16(13)30-19)20(26)29-21(2,3)4/h5-8,12,17H,9-11H2,1-4H3,(H,22,23,25)/t12-,17+/m1/s1. The summed E-state index contributed by atoms with van der Waals surface area (Å²) in [5, 5.41) is 3.33. The normalized spacial score (nSPS) is 20.3. The van der Waals surface area contributed by atoms with Crippen LogP contribution in [0.3, 0.4) is 0 Å². The van der Waals surface area contributed by atoms with Crippen LogP contribution >= 0.6 is 11.3 Å². The fourth-order valence-electron chi connectivity index (χ4n) is 3.31. The summed E-state index contributed by atoms with van der Waals surface area (Å²) in [4.78, 5) is 32.3. The Balaban J connectivity index is 1.41. The summed E-state index contributed by atoms with van der Waals surface area (Å²) < 4.78 is 17.1. The number of nitrogens with one attached hydrogen (secondary N) is 1. The lowest BCUT2D eigenvalue weighted by Crippen LogP contribution is -2.46. The molecule has 30 heavy (non-hydrogen) atoms. The van der Waals surface area contributed by atoms with Crippen LogP contribution in [-0.2, 0) is 22.5 Å². The number of anilines is 1. The molecule has 0 bridgehead atoms. The zero-order chi connectivity index (χ0) is 21.5. The maximum absolute atomic E-state index is 12.8. The molecule has 1 aromatic carbocycles. The number of rotatable bonds is 2. The van der Waals surface area contributed by atoms with Crippen molar-refractivity contribution in [2.45, 2.75) is 58.5 Å². The summed E-state index contributed by atoms with van der Waals surface area (Å²) in [5.74, 6) is 0.857. The highest BCUT2D eigenvalue weighted by Gasteiger charge is 2.35. The Bertz CT molecular complexity index is 968. The topological polar surface area (TPSA) is 90.0 Å². The van der Waals surface area contributed by atoms with Crippen LogP contribution in [-0.4, -0.2) is 46.2 Å². The van der Waals surface area contributed by atoms with E-state index >= 15 is 0 Å². The minimum Gasteiger partial charge on any atom is -0.482 e. The van der Waals surface area contributed by atoms with E-state index < -0.39 is 17.8 Å². The van der Waals surface area contributed by atoms with Crippen LogP contribution in [0.2, 0.25) is 0 Å². The van der Waals surface area contributed by atoms with Crippen molar-refractivity contribution in [3.8, 4) is 11.5 Å². The maximum atomic E-state index is 12.8. The van der Waals surface area contributed by atoms with Gasteiger partial charge in [-0.25, -0.2) is 9.78 Å². The highest BCUT2D eigenvalue weighted by molar-refractivity contribution is 7.15. The molecule has 2 atom stereocenters. The van der Waals surface area contributed by atoms with Crippen molar-refractivity contribution in [2.75, 3.05) is 11.9 Å². The number of para-hydroxylation sites is 2. The van der Waals surface area contributed by atoms with Gasteiger partial charge in [-0.1, -0.05) is 23.5 Å². The van der Waals surface area contributed by atoms with Crippen LogP contribution in [0.25, 0.3) is 0 Å². The number of hydrogen-bond acceptors (Lipinski definition) is 7. The first kappa shape index (κ1) is 20.5. The SMILES string of the molecule is C[C@H]1Oc2ccccc2O[C@@H]1C(=O)Nc1nc2c(s1)CN(C(=O)OC(C)(C)C)CC2. The highest BCUT2D eigenvalue weighted by Crippen LogP contribution is 2.34. The number of fused-ring (bicyclic) bond motifs is 2. The highest BCUT2D eigenvalue weighted by atomic mass is 32.1. The van der Waals surface area contributed by atoms with Gasteiger partial charge in [0.25, 0.3) is 5.91 Å². The minimum absolute atomic E-state index is 0.313. The first-order valence-electron chi connectivity index (χ1n) is 9.89.